The zero-order valence-electron chi connectivity index (χ0n) is 15.0. The van der Waals surface area contributed by atoms with Gasteiger partial charge in [-0.25, -0.2) is 4.98 Å². The molecule has 0 unspecified atom stereocenters. The topological polar surface area (TPSA) is 75.7 Å². The van der Waals surface area contributed by atoms with Crippen LogP contribution in [0.3, 0.4) is 0 Å². The van der Waals surface area contributed by atoms with Gasteiger partial charge < -0.3 is 11.1 Å². The fourth-order valence-electron chi connectivity index (χ4n) is 2.69. The summed E-state index contributed by atoms with van der Waals surface area (Å²) in [4.78, 5) is 12.6. The lowest BCUT2D eigenvalue weighted by Crippen LogP contribution is -2.39. The van der Waals surface area contributed by atoms with E-state index in [1.807, 2.05) is 24.3 Å². The predicted octanol–water partition coefficient (Wildman–Crippen LogP) is 3.17. The van der Waals surface area contributed by atoms with Crippen molar-refractivity contribution in [2.45, 2.75) is 19.4 Å². The summed E-state index contributed by atoms with van der Waals surface area (Å²) in [7, 11) is 0. The lowest BCUT2D eigenvalue weighted by Gasteiger charge is -2.18. The molecule has 5 nitrogen and oxygen atoms in total. The fraction of sp³-hybridized carbons (Fsp3) is 0.190. The van der Waals surface area contributed by atoms with Crippen LogP contribution in [0.15, 0.2) is 47.0 Å². The minimum atomic E-state index is 0.00789. The lowest BCUT2D eigenvalue weighted by molar-refractivity contribution is 0.506. The summed E-state index contributed by atoms with van der Waals surface area (Å²) in [5, 5.41) is 3.42. The standard InChI is InChI=1S/C21H21N5/c1-5-17-16(12-24-19(22)18(17)23-4)11-8-14-6-9-15(10-7-14)20-25-13-21(2,3)26-20/h5-7,9-10,12H,1,4,13H2,2-3H3,(H2,22,24)(H,25,26). The molecule has 0 aliphatic carbocycles. The van der Waals surface area contributed by atoms with Crippen LogP contribution in [0.25, 0.3) is 6.08 Å². The van der Waals surface area contributed by atoms with E-state index in [0.29, 0.717) is 17.1 Å². The molecule has 1 aromatic heterocycles. The second-order valence-electron chi connectivity index (χ2n) is 6.68. The Morgan fingerprint density at radius 1 is 1.27 bits per heavy atom. The molecule has 3 N–H and O–H groups in total. The minimum absolute atomic E-state index is 0.00789. The van der Waals surface area contributed by atoms with Gasteiger partial charge in [0.2, 0.25) is 0 Å². The van der Waals surface area contributed by atoms with E-state index in [0.717, 1.165) is 29.1 Å². The number of amidine groups is 1. The first kappa shape index (κ1) is 17.4. The van der Waals surface area contributed by atoms with Crippen molar-refractivity contribution in [2.75, 3.05) is 12.3 Å². The number of rotatable bonds is 3. The highest BCUT2D eigenvalue weighted by molar-refractivity contribution is 6.00. The van der Waals surface area contributed by atoms with Crippen LogP contribution < -0.4 is 11.1 Å². The SMILES string of the molecule is C=Cc1c(C#Cc2ccc(C3=NCC(C)(C)N3)cc2)cnc(N)c1N=C. The van der Waals surface area contributed by atoms with Crippen molar-refractivity contribution in [1.29, 1.82) is 0 Å². The van der Waals surface area contributed by atoms with Crippen molar-refractivity contribution < 1.29 is 0 Å². The number of pyridine rings is 1. The van der Waals surface area contributed by atoms with Crippen molar-refractivity contribution in [3.8, 4) is 11.8 Å². The summed E-state index contributed by atoms with van der Waals surface area (Å²) < 4.78 is 0. The maximum absolute atomic E-state index is 5.82. The molecule has 0 radical (unpaired) electrons. The number of nitrogens with two attached hydrogens (primary N) is 1. The maximum atomic E-state index is 5.82. The number of nitrogen functional groups attached to an aromatic ring is 1. The molecular weight excluding hydrogens is 322 g/mol. The molecule has 130 valence electrons. The van der Waals surface area contributed by atoms with E-state index < -0.39 is 0 Å². The Labute approximate surface area is 153 Å². The van der Waals surface area contributed by atoms with E-state index >= 15 is 0 Å². The molecule has 5 heteroatoms. The van der Waals surface area contributed by atoms with Crippen LogP contribution in [-0.2, 0) is 0 Å². The molecule has 1 aromatic carbocycles. The number of benzene rings is 1. The molecule has 2 heterocycles. The van der Waals surface area contributed by atoms with Gasteiger partial charge in [-0.05, 0) is 32.7 Å². The number of aromatic nitrogens is 1. The monoisotopic (exact) mass is 343 g/mol. The predicted molar refractivity (Wildman–Crippen MR) is 109 cm³/mol. The van der Waals surface area contributed by atoms with Crippen LogP contribution >= 0.6 is 0 Å². The van der Waals surface area contributed by atoms with E-state index in [-0.39, 0.29) is 5.54 Å². The normalized spacial score (nSPS) is 14.6. The first-order valence-electron chi connectivity index (χ1n) is 8.26. The Balaban J connectivity index is 1.86. The Bertz CT molecular complexity index is 956. The highest BCUT2D eigenvalue weighted by Gasteiger charge is 2.25. The van der Waals surface area contributed by atoms with Crippen LogP contribution in [0.5, 0.6) is 0 Å². The minimum Gasteiger partial charge on any atom is -0.382 e. The first-order valence-corrected chi connectivity index (χ1v) is 8.26. The highest BCUT2D eigenvalue weighted by atomic mass is 15.1. The highest BCUT2D eigenvalue weighted by Crippen LogP contribution is 2.28. The van der Waals surface area contributed by atoms with Gasteiger partial charge in [0.15, 0.2) is 0 Å². The molecule has 0 saturated carbocycles. The summed E-state index contributed by atoms with van der Waals surface area (Å²) in [6.07, 6.45) is 3.29. The van der Waals surface area contributed by atoms with Crippen LogP contribution in [0.4, 0.5) is 11.5 Å². The average Bonchev–Trinajstić information content (AvgIpc) is 3.00. The maximum Gasteiger partial charge on any atom is 0.149 e. The van der Waals surface area contributed by atoms with Gasteiger partial charge in [-0.3, -0.25) is 9.98 Å². The number of nitrogens with zero attached hydrogens (tertiary/aromatic N) is 3. The van der Waals surface area contributed by atoms with E-state index in [4.69, 9.17) is 5.73 Å². The molecule has 3 rings (SSSR count). The van der Waals surface area contributed by atoms with E-state index in [1.54, 1.807) is 12.3 Å². The number of nitrogens with one attached hydrogen (secondary N) is 1. The molecule has 0 atom stereocenters. The summed E-state index contributed by atoms with van der Waals surface area (Å²) >= 11 is 0. The second kappa shape index (κ2) is 6.85. The Kier molecular flexibility index (Phi) is 4.59. The summed E-state index contributed by atoms with van der Waals surface area (Å²) in [6.45, 7) is 12.4. The van der Waals surface area contributed by atoms with Crippen molar-refractivity contribution in [1.82, 2.24) is 10.3 Å². The van der Waals surface area contributed by atoms with Gasteiger partial charge in [-0.2, -0.15) is 0 Å². The molecule has 0 bridgehead atoms. The van der Waals surface area contributed by atoms with Crippen molar-refractivity contribution in [2.24, 2.45) is 9.98 Å². The third-order valence-electron chi connectivity index (χ3n) is 4.07. The van der Waals surface area contributed by atoms with Gasteiger partial charge in [0, 0.05) is 22.9 Å². The fourth-order valence-corrected chi connectivity index (χ4v) is 2.69. The van der Waals surface area contributed by atoms with Gasteiger partial charge in [-0.1, -0.05) is 36.6 Å². The molecule has 1 aliphatic rings. The molecule has 1 aliphatic heterocycles. The van der Waals surface area contributed by atoms with Crippen molar-refractivity contribution in [3.63, 3.8) is 0 Å². The van der Waals surface area contributed by atoms with Gasteiger partial charge in [0.05, 0.1) is 17.6 Å². The number of hydrogen-bond donors (Lipinski definition) is 2. The van der Waals surface area contributed by atoms with Crippen LogP contribution in [0.2, 0.25) is 0 Å². The van der Waals surface area contributed by atoms with Crippen molar-refractivity contribution >= 4 is 30.1 Å². The zero-order chi connectivity index (χ0) is 18.7. The van der Waals surface area contributed by atoms with Gasteiger partial charge in [0.25, 0.3) is 0 Å². The molecule has 0 fully saturated rings. The van der Waals surface area contributed by atoms with E-state index in [1.165, 1.54) is 0 Å². The van der Waals surface area contributed by atoms with Gasteiger partial charge in [-0.15, -0.1) is 0 Å². The summed E-state index contributed by atoms with van der Waals surface area (Å²) in [5.74, 6) is 7.49. The molecule has 0 saturated heterocycles. The third-order valence-corrected chi connectivity index (χ3v) is 4.07. The van der Waals surface area contributed by atoms with Gasteiger partial charge in [0.1, 0.15) is 17.3 Å². The molecule has 0 amide bonds. The van der Waals surface area contributed by atoms with Gasteiger partial charge >= 0.3 is 0 Å². The van der Waals surface area contributed by atoms with E-state index in [9.17, 15) is 0 Å². The number of hydrogen-bond acceptors (Lipinski definition) is 5. The third kappa shape index (κ3) is 3.50. The van der Waals surface area contributed by atoms with Crippen molar-refractivity contribution in [3.05, 3.63) is 59.3 Å². The smallest absolute Gasteiger partial charge is 0.149 e. The summed E-state index contributed by atoms with van der Waals surface area (Å²) in [6, 6.07) is 7.99. The average molecular weight is 343 g/mol. The summed E-state index contributed by atoms with van der Waals surface area (Å²) in [5.41, 5.74) is 9.74. The Hall–Kier alpha value is -3.39. The number of anilines is 1. The van der Waals surface area contributed by atoms with Crippen LogP contribution in [0.1, 0.15) is 36.1 Å². The molecule has 0 spiro atoms. The van der Waals surface area contributed by atoms with E-state index in [2.05, 4.69) is 59.3 Å². The van der Waals surface area contributed by atoms with Crippen LogP contribution in [-0.4, -0.2) is 29.6 Å². The number of aliphatic imine (C=N–C) groups is 2. The Morgan fingerprint density at radius 3 is 2.58 bits per heavy atom. The molecule has 26 heavy (non-hydrogen) atoms. The Morgan fingerprint density at radius 2 is 2.00 bits per heavy atom. The molecule has 2 aromatic rings. The lowest BCUT2D eigenvalue weighted by atomic mass is 10.1. The largest absolute Gasteiger partial charge is 0.382 e. The second-order valence-corrected chi connectivity index (χ2v) is 6.68. The quantitative estimate of drug-likeness (QED) is 0.664. The zero-order valence-corrected chi connectivity index (χ0v) is 15.0. The first-order chi connectivity index (χ1) is 12.4. The molecular formula is C21H21N5. The van der Waals surface area contributed by atoms with Crippen LogP contribution in [0, 0.1) is 11.8 Å².